The van der Waals surface area contributed by atoms with Gasteiger partial charge in [-0.2, -0.15) is 0 Å². The Morgan fingerprint density at radius 1 is 1.22 bits per heavy atom. The predicted octanol–water partition coefficient (Wildman–Crippen LogP) is 2.32. The molecule has 0 atom stereocenters. The van der Waals surface area contributed by atoms with Crippen LogP contribution in [0.3, 0.4) is 0 Å². The van der Waals surface area contributed by atoms with E-state index in [1.54, 1.807) is 12.3 Å². The van der Waals surface area contributed by atoms with Gasteiger partial charge in [-0.15, -0.1) is 11.5 Å². The maximum Gasteiger partial charge on any atom is 0.339 e. The highest BCUT2D eigenvalue weighted by atomic mass is 16.4. The summed E-state index contributed by atoms with van der Waals surface area (Å²) in [6.07, 6.45) is 7.05. The molecule has 0 unspecified atom stereocenters. The number of carbonyl (C=O) groups is 1. The number of aromatic hydroxyl groups is 1. The Morgan fingerprint density at radius 3 is 2.74 bits per heavy atom. The Labute approximate surface area is 131 Å². The van der Waals surface area contributed by atoms with Gasteiger partial charge in [0.25, 0.3) is 0 Å². The molecule has 0 radical (unpaired) electrons. The lowest BCUT2D eigenvalue weighted by Gasteiger charge is -2.03. The van der Waals surface area contributed by atoms with Crippen LogP contribution in [0.15, 0.2) is 48.7 Å². The van der Waals surface area contributed by atoms with Crippen LogP contribution in [0.4, 0.5) is 0 Å². The first-order chi connectivity index (χ1) is 11.1. The van der Waals surface area contributed by atoms with Gasteiger partial charge in [-0.1, -0.05) is 23.3 Å². The fourth-order valence-electron chi connectivity index (χ4n) is 2.13. The molecule has 6 nitrogen and oxygen atoms in total. The van der Waals surface area contributed by atoms with E-state index in [1.807, 2.05) is 24.3 Å². The molecule has 0 fully saturated rings. The second kappa shape index (κ2) is 5.66. The third-order valence-electron chi connectivity index (χ3n) is 3.29. The summed E-state index contributed by atoms with van der Waals surface area (Å²) in [5.41, 5.74) is 2.50. The number of carboxylic acids is 1. The molecule has 2 aromatic carbocycles. The highest BCUT2D eigenvalue weighted by Gasteiger charge is 2.12. The van der Waals surface area contributed by atoms with Gasteiger partial charge in [0.05, 0.1) is 11.9 Å². The summed E-state index contributed by atoms with van der Waals surface area (Å²) in [5.74, 6) is 1.03. The molecule has 1 aromatic heterocycles. The second-order valence-corrected chi connectivity index (χ2v) is 4.78. The summed E-state index contributed by atoms with van der Waals surface area (Å²) in [7, 11) is 0. The van der Waals surface area contributed by atoms with Crippen molar-refractivity contribution in [3.05, 3.63) is 59.8 Å². The Balaban J connectivity index is 1.97. The number of carboxylic acid groups (broad SMARTS) is 1. The van der Waals surface area contributed by atoms with Crippen molar-refractivity contribution < 1.29 is 15.0 Å². The van der Waals surface area contributed by atoms with Gasteiger partial charge in [-0.05, 0) is 24.3 Å². The zero-order valence-electron chi connectivity index (χ0n) is 11.8. The topological polar surface area (TPSA) is 88.2 Å². The van der Waals surface area contributed by atoms with Crippen LogP contribution in [0.5, 0.6) is 5.75 Å². The van der Waals surface area contributed by atoms with Crippen molar-refractivity contribution in [2.75, 3.05) is 0 Å². The van der Waals surface area contributed by atoms with Gasteiger partial charge >= 0.3 is 5.97 Å². The summed E-state index contributed by atoms with van der Waals surface area (Å²) in [6, 6.07) is 11.5. The summed E-state index contributed by atoms with van der Waals surface area (Å²) < 4.78 is 1.45. The molecule has 0 aliphatic heterocycles. The third kappa shape index (κ3) is 2.76. The number of aromatic carboxylic acids is 1. The van der Waals surface area contributed by atoms with Crippen LogP contribution in [0.1, 0.15) is 15.9 Å². The largest absolute Gasteiger partial charge is 0.507 e. The second-order valence-electron chi connectivity index (χ2n) is 4.78. The highest BCUT2D eigenvalue weighted by Crippen LogP contribution is 2.23. The first kappa shape index (κ1) is 14.4. The number of benzene rings is 2. The van der Waals surface area contributed by atoms with E-state index in [1.165, 1.54) is 16.8 Å². The van der Waals surface area contributed by atoms with Crippen LogP contribution in [0.25, 0.3) is 16.9 Å². The molecule has 0 bridgehead atoms. The molecule has 1 heterocycles. The maximum atomic E-state index is 10.9. The van der Waals surface area contributed by atoms with E-state index in [2.05, 4.69) is 16.2 Å². The number of hydrogen-bond acceptors (Lipinski definition) is 4. The minimum atomic E-state index is -1.19. The van der Waals surface area contributed by atoms with Crippen molar-refractivity contribution in [1.29, 1.82) is 0 Å². The summed E-state index contributed by atoms with van der Waals surface area (Å²) in [6.45, 7) is 0. The Kier molecular flexibility index (Phi) is 3.53. The zero-order chi connectivity index (χ0) is 16.4. The van der Waals surface area contributed by atoms with E-state index < -0.39 is 5.97 Å². The van der Waals surface area contributed by atoms with E-state index in [9.17, 15) is 9.90 Å². The molecule has 0 saturated heterocycles. The monoisotopic (exact) mass is 305 g/mol. The van der Waals surface area contributed by atoms with Crippen LogP contribution >= 0.6 is 0 Å². The summed E-state index contributed by atoms with van der Waals surface area (Å²) >= 11 is 0. The van der Waals surface area contributed by atoms with E-state index in [0.29, 0.717) is 11.4 Å². The van der Waals surface area contributed by atoms with Gasteiger partial charge in [0.1, 0.15) is 17.0 Å². The van der Waals surface area contributed by atoms with Crippen LogP contribution < -0.4 is 0 Å². The van der Waals surface area contributed by atoms with Crippen molar-refractivity contribution in [3.8, 4) is 35.0 Å². The Morgan fingerprint density at radius 2 is 2.04 bits per heavy atom. The normalized spacial score (nSPS) is 10.2. The SMILES string of the molecule is C#Cc1cccc(-c2cn(-c3ccc(C(=O)O)c(O)c3)nn2)c1. The predicted molar refractivity (Wildman–Crippen MR) is 83.4 cm³/mol. The lowest BCUT2D eigenvalue weighted by Crippen LogP contribution is -1.99. The van der Waals surface area contributed by atoms with Crippen molar-refractivity contribution in [3.63, 3.8) is 0 Å². The van der Waals surface area contributed by atoms with Crippen LogP contribution in [0.2, 0.25) is 0 Å². The summed E-state index contributed by atoms with van der Waals surface area (Å²) in [5, 5.41) is 26.7. The molecule has 0 aliphatic rings. The van der Waals surface area contributed by atoms with Crippen LogP contribution in [-0.4, -0.2) is 31.2 Å². The average Bonchev–Trinajstić information content (AvgIpc) is 3.04. The molecule has 2 N–H and O–H groups in total. The quantitative estimate of drug-likeness (QED) is 0.725. The fraction of sp³-hybridized carbons (Fsp3) is 0. The molecule has 0 aliphatic carbocycles. The molecule has 0 amide bonds. The van der Waals surface area contributed by atoms with Gasteiger partial charge in [0.2, 0.25) is 0 Å². The smallest absolute Gasteiger partial charge is 0.339 e. The molecule has 0 saturated carbocycles. The van der Waals surface area contributed by atoms with E-state index >= 15 is 0 Å². The molecule has 6 heteroatoms. The van der Waals surface area contributed by atoms with Crippen molar-refractivity contribution in [2.24, 2.45) is 0 Å². The lowest BCUT2D eigenvalue weighted by atomic mass is 10.1. The van der Waals surface area contributed by atoms with Gasteiger partial charge in [-0.25, -0.2) is 9.48 Å². The highest BCUT2D eigenvalue weighted by molar-refractivity contribution is 5.91. The van der Waals surface area contributed by atoms with E-state index in [-0.39, 0.29) is 11.3 Å². The van der Waals surface area contributed by atoms with Crippen LogP contribution in [-0.2, 0) is 0 Å². The van der Waals surface area contributed by atoms with Crippen molar-refractivity contribution >= 4 is 5.97 Å². The lowest BCUT2D eigenvalue weighted by molar-refractivity contribution is 0.0694. The maximum absolute atomic E-state index is 10.9. The molecule has 0 spiro atoms. The van der Waals surface area contributed by atoms with Gasteiger partial charge in [0.15, 0.2) is 0 Å². The first-order valence-electron chi connectivity index (χ1n) is 6.64. The van der Waals surface area contributed by atoms with Gasteiger partial charge in [0, 0.05) is 17.2 Å². The fourth-order valence-corrected chi connectivity index (χ4v) is 2.13. The van der Waals surface area contributed by atoms with Gasteiger partial charge in [-0.3, -0.25) is 0 Å². The molecular formula is C17H11N3O3. The molecule has 112 valence electrons. The number of rotatable bonds is 3. The first-order valence-corrected chi connectivity index (χ1v) is 6.64. The zero-order valence-corrected chi connectivity index (χ0v) is 11.8. The number of phenols is 1. The van der Waals surface area contributed by atoms with E-state index in [4.69, 9.17) is 11.5 Å². The van der Waals surface area contributed by atoms with E-state index in [0.717, 1.165) is 11.1 Å². The summed E-state index contributed by atoms with van der Waals surface area (Å²) in [4.78, 5) is 10.9. The standard InChI is InChI=1S/C17H11N3O3/c1-2-11-4-3-5-12(8-11)15-10-20(19-18-15)13-6-7-14(17(22)23)16(21)9-13/h1,3-10,21H,(H,22,23). The number of hydrogen-bond donors (Lipinski definition) is 2. The molecule has 3 aromatic rings. The number of terminal acetylenes is 1. The minimum absolute atomic E-state index is 0.171. The Bertz CT molecular complexity index is 938. The molecular weight excluding hydrogens is 294 g/mol. The van der Waals surface area contributed by atoms with Crippen molar-refractivity contribution in [1.82, 2.24) is 15.0 Å². The van der Waals surface area contributed by atoms with Crippen molar-refractivity contribution in [2.45, 2.75) is 0 Å². The Hall–Kier alpha value is -3.59. The molecule has 23 heavy (non-hydrogen) atoms. The minimum Gasteiger partial charge on any atom is -0.507 e. The average molecular weight is 305 g/mol. The number of aromatic nitrogens is 3. The third-order valence-corrected chi connectivity index (χ3v) is 3.29. The number of nitrogens with zero attached hydrogens (tertiary/aromatic N) is 3. The van der Waals surface area contributed by atoms with Gasteiger partial charge < -0.3 is 10.2 Å². The molecule has 3 rings (SSSR count). The van der Waals surface area contributed by atoms with Crippen LogP contribution in [0, 0.1) is 12.3 Å².